The Bertz CT molecular complexity index is 762. The van der Waals surface area contributed by atoms with E-state index in [0.29, 0.717) is 0 Å². The van der Waals surface area contributed by atoms with E-state index in [2.05, 4.69) is 16.2 Å². The molecule has 0 atom stereocenters. The van der Waals surface area contributed by atoms with Crippen molar-refractivity contribution in [3.05, 3.63) is 59.7 Å². The highest BCUT2D eigenvalue weighted by Gasteiger charge is 2.29. The van der Waals surface area contributed by atoms with Crippen LogP contribution in [0.25, 0.3) is 0 Å². The predicted molar refractivity (Wildman–Crippen MR) is 93.6 cm³/mol. The van der Waals surface area contributed by atoms with Gasteiger partial charge in [0.2, 0.25) is 0 Å². The smallest absolute Gasteiger partial charge is 0.376 e. The first kappa shape index (κ1) is 19.6. The summed E-state index contributed by atoms with van der Waals surface area (Å²) in [6.45, 7) is 1.89. The van der Waals surface area contributed by atoms with Gasteiger partial charge in [0.1, 0.15) is 0 Å². The van der Waals surface area contributed by atoms with Crippen molar-refractivity contribution in [3.63, 3.8) is 0 Å². The molecule has 3 N–H and O–H groups in total. The third-order valence-electron chi connectivity index (χ3n) is 3.17. The van der Waals surface area contributed by atoms with Crippen LogP contribution in [0.3, 0.4) is 0 Å². The SMILES string of the molecule is Cc1ccc(NCC(=O)NNC(=O)c2ccc(SC(F)(F)F)cc2)cc1. The van der Waals surface area contributed by atoms with Crippen LogP contribution in [0.1, 0.15) is 15.9 Å². The van der Waals surface area contributed by atoms with Gasteiger partial charge in [-0.2, -0.15) is 13.2 Å². The van der Waals surface area contributed by atoms with Crippen molar-refractivity contribution in [2.45, 2.75) is 17.3 Å². The molecular formula is C17H16F3N3O2S. The lowest BCUT2D eigenvalue weighted by molar-refractivity contribution is -0.120. The fourth-order valence-electron chi connectivity index (χ4n) is 1.90. The van der Waals surface area contributed by atoms with Gasteiger partial charge >= 0.3 is 5.51 Å². The Morgan fingerprint density at radius 2 is 1.58 bits per heavy atom. The summed E-state index contributed by atoms with van der Waals surface area (Å²) in [4.78, 5) is 23.6. The summed E-state index contributed by atoms with van der Waals surface area (Å²) in [5, 5.41) is 2.89. The monoisotopic (exact) mass is 383 g/mol. The van der Waals surface area contributed by atoms with E-state index in [1.165, 1.54) is 24.3 Å². The summed E-state index contributed by atoms with van der Waals surface area (Å²) in [5.41, 5.74) is 2.02. The summed E-state index contributed by atoms with van der Waals surface area (Å²) in [6, 6.07) is 12.3. The molecular weight excluding hydrogens is 367 g/mol. The molecule has 0 saturated carbocycles. The molecule has 0 spiro atoms. The van der Waals surface area contributed by atoms with Crippen molar-refractivity contribution in [2.75, 3.05) is 11.9 Å². The average Bonchev–Trinajstić information content (AvgIpc) is 2.58. The zero-order valence-electron chi connectivity index (χ0n) is 13.7. The number of nitrogens with one attached hydrogen (secondary N) is 3. The molecule has 0 fully saturated rings. The number of aryl methyl sites for hydroxylation is 1. The van der Waals surface area contributed by atoms with Crippen LogP contribution in [0.2, 0.25) is 0 Å². The van der Waals surface area contributed by atoms with Gasteiger partial charge in [0.05, 0.1) is 6.54 Å². The van der Waals surface area contributed by atoms with Crippen LogP contribution in [-0.4, -0.2) is 23.9 Å². The summed E-state index contributed by atoms with van der Waals surface area (Å²) in [7, 11) is 0. The van der Waals surface area contributed by atoms with Gasteiger partial charge < -0.3 is 5.32 Å². The topological polar surface area (TPSA) is 70.2 Å². The molecule has 9 heteroatoms. The number of rotatable bonds is 5. The average molecular weight is 383 g/mol. The molecule has 26 heavy (non-hydrogen) atoms. The van der Waals surface area contributed by atoms with E-state index in [4.69, 9.17) is 0 Å². The number of thioether (sulfide) groups is 1. The lowest BCUT2D eigenvalue weighted by Crippen LogP contribution is -2.44. The van der Waals surface area contributed by atoms with Crippen LogP contribution in [0, 0.1) is 6.92 Å². The minimum Gasteiger partial charge on any atom is -0.376 e. The maximum Gasteiger partial charge on any atom is 0.446 e. The van der Waals surface area contributed by atoms with E-state index < -0.39 is 17.3 Å². The quantitative estimate of drug-likeness (QED) is 0.546. The second-order valence-electron chi connectivity index (χ2n) is 5.29. The summed E-state index contributed by atoms with van der Waals surface area (Å²) in [5.74, 6) is -1.10. The van der Waals surface area contributed by atoms with Gasteiger partial charge in [-0.1, -0.05) is 17.7 Å². The molecule has 138 valence electrons. The molecule has 0 saturated heterocycles. The molecule has 0 heterocycles. The maximum absolute atomic E-state index is 12.3. The highest BCUT2D eigenvalue weighted by molar-refractivity contribution is 8.00. The predicted octanol–water partition coefficient (Wildman–Crippen LogP) is 3.48. The first-order valence-corrected chi connectivity index (χ1v) is 8.30. The number of hydrogen-bond donors (Lipinski definition) is 3. The molecule has 0 bridgehead atoms. The van der Waals surface area contributed by atoms with Gasteiger partial charge in [-0.05, 0) is 55.1 Å². The fraction of sp³-hybridized carbons (Fsp3) is 0.176. The van der Waals surface area contributed by atoms with E-state index in [1.807, 2.05) is 31.2 Å². The van der Waals surface area contributed by atoms with Crippen molar-refractivity contribution in [2.24, 2.45) is 0 Å². The number of anilines is 1. The third-order valence-corrected chi connectivity index (χ3v) is 3.91. The number of hydrazine groups is 1. The number of hydrogen-bond acceptors (Lipinski definition) is 4. The molecule has 0 unspecified atom stereocenters. The molecule has 0 aliphatic rings. The van der Waals surface area contributed by atoms with Crippen molar-refractivity contribution >= 4 is 29.3 Å². The van der Waals surface area contributed by atoms with Gasteiger partial charge in [-0.3, -0.25) is 20.4 Å². The maximum atomic E-state index is 12.3. The Morgan fingerprint density at radius 1 is 0.962 bits per heavy atom. The van der Waals surface area contributed by atoms with E-state index in [9.17, 15) is 22.8 Å². The van der Waals surface area contributed by atoms with Crippen LogP contribution in [0.4, 0.5) is 18.9 Å². The van der Waals surface area contributed by atoms with E-state index in [1.54, 1.807) is 0 Å². The zero-order valence-corrected chi connectivity index (χ0v) is 14.5. The second kappa shape index (κ2) is 8.61. The third kappa shape index (κ3) is 6.67. The Labute approximate surface area is 152 Å². The van der Waals surface area contributed by atoms with E-state index in [-0.39, 0.29) is 28.8 Å². The lowest BCUT2D eigenvalue weighted by Gasteiger charge is -2.10. The minimum atomic E-state index is -4.39. The van der Waals surface area contributed by atoms with Crippen LogP contribution in [0.5, 0.6) is 0 Å². The van der Waals surface area contributed by atoms with Crippen LogP contribution >= 0.6 is 11.8 Å². The highest BCUT2D eigenvalue weighted by Crippen LogP contribution is 2.36. The molecule has 2 amide bonds. The zero-order chi connectivity index (χ0) is 19.2. The van der Waals surface area contributed by atoms with Crippen molar-refractivity contribution < 1.29 is 22.8 Å². The van der Waals surface area contributed by atoms with Gasteiger partial charge in [0.15, 0.2) is 0 Å². The second-order valence-corrected chi connectivity index (χ2v) is 6.43. The molecule has 2 aromatic carbocycles. The summed E-state index contributed by atoms with van der Waals surface area (Å²) >= 11 is -0.265. The van der Waals surface area contributed by atoms with E-state index >= 15 is 0 Å². The molecule has 0 aliphatic heterocycles. The van der Waals surface area contributed by atoms with Crippen molar-refractivity contribution in [3.8, 4) is 0 Å². The molecule has 2 rings (SSSR count). The molecule has 0 radical (unpaired) electrons. The Morgan fingerprint density at radius 3 is 2.15 bits per heavy atom. The van der Waals surface area contributed by atoms with Crippen LogP contribution in [0.15, 0.2) is 53.4 Å². The normalized spacial score (nSPS) is 10.9. The summed E-state index contributed by atoms with van der Waals surface area (Å²) in [6.07, 6.45) is 0. The van der Waals surface area contributed by atoms with E-state index in [0.717, 1.165) is 11.3 Å². The minimum absolute atomic E-state index is 0.0274. The molecule has 0 aliphatic carbocycles. The number of benzene rings is 2. The van der Waals surface area contributed by atoms with Crippen molar-refractivity contribution in [1.29, 1.82) is 0 Å². The summed E-state index contributed by atoms with van der Waals surface area (Å²) < 4.78 is 36.8. The van der Waals surface area contributed by atoms with Crippen molar-refractivity contribution in [1.82, 2.24) is 10.9 Å². The van der Waals surface area contributed by atoms with Crippen LogP contribution in [-0.2, 0) is 4.79 Å². The Hall–Kier alpha value is -2.68. The lowest BCUT2D eigenvalue weighted by atomic mass is 10.2. The standard InChI is InChI=1S/C17H16F3N3O2S/c1-11-2-6-13(7-3-11)21-10-15(24)22-23-16(25)12-4-8-14(9-5-12)26-17(18,19)20/h2-9,21H,10H2,1H3,(H,22,24)(H,23,25). The molecule has 0 aromatic heterocycles. The largest absolute Gasteiger partial charge is 0.446 e. The number of halogens is 3. The fourth-order valence-corrected chi connectivity index (χ4v) is 2.44. The number of carbonyl (C=O) groups excluding carboxylic acids is 2. The Kier molecular flexibility index (Phi) is 6.51. The van der Waals surface area contributed by atoms with Gasteiger partial charge in [0.25, 0.3) is 11.8 Å². The first-order valence-electron chi connectivity index (χ1n) is 7.48. The molecule has 5 nitrogen and oxygen atoms in total. The van der Waals surface area contributed by atoms with Gasteiger partial charge in [-0.15, -0.1) is 0 Å². The molecule has 2 aromatic rings. The highest BCUT2D eigenvalue weighted by atomic mass is 32.2. The number of carbonyl (C=O) groups is 2. The first-order chi connectivity index (χ1) is 12.2. The van der Waals surface area contributed by atoms with Gasteiger partial charge in [0, 0.05) is 16.1 Å². The Balaban J connectivity index is 1.78. The van der Waals surface area contributed by atoms with Gasteiger partial charge in [-0.25, -0.2) is 0 Å². The number of alkyl halides is 3. The van der Waals surface area contributed by atoms with Crippen LogP contribution < -0.4 is 16.2 Å². The number of amides is 2.